The summed E-state index contributed by atoms with van der Waals surface area (Å²) in [5.41, 5.74) is 2.55. The summed E-state index contributed by atoms with van der Waals surface area (Å²) in [5, 5.41) is 27.8. The Morgan fingerprint density at radius 3 is 2.26 bits per heavy atom. The van der Waals surface area contributed by atoms with Crippen molar-refractivity contribution < 1.29 is 37.8 Å². The minimum absolute atomic E-state index is 0.102. The Balaban J connectivity index is 0.000000367. The Labute approximate surface area is 230 Å². The lowest BCUT2D eigenvalue weighted by atomic mass is 9.98. The van der Waals surface area contributed by atoms with Crippen molar-refractivity contribution in [3.63, 3.8) is 0 Å². The molecule has 2 aromatic rings. The Kier molecular flexibility index (Phi) is 13.5. The molecule has 1 saturated heterocycles. The van der Waals surface area contributed by atoms with Gasteiger partial charge in [0.2, 0.25) is 5.91 Å². The van der Waals surface area contributed by atoms with Crippen LogP contribution in [-0.2, 0) is 20.9 Å². The quantitative estimate of drug-likeness (QED) is 0.288. The first kappa shape index (κ1) is 32.4. The summed E-state index contributed by atoms with van der Waals surface area (Å²) in [6.45, 7) is 3.18. The molecule has 0 bridgehead atoms. The molecule has 0 spiro atoms. The summed E-state index contributed by atoms with van der Waals surface area (Å²) in [4.78, 5) is 32.3. The lowest BCUT2D eigenvalue weighted by Crippen LogP contribution is -2.44. The van der Waals surface area contributed by atoms with Crippen molar-refractivity contribution in [2.24, 2.45) is 0 Å². The first-order chi connectivity index (χ1) is 18.5. The highest BCUT2D eigenvalue weighted by Gasteiger charge is 2.38. The van der Waals surface area contributed by atoms with Crippen LogP contribution in [0.2, 0.25) is 0 Å². The smallest absolute Gasteiger partial charge is 0.480 e. The van der Waals surface area contributed by atoms with Crippen molar-refractivity contribution in [3.05, 3.63) is 47.5 Å². The van der Waals surface area contributed by atoms with E-state index in [9.17, 15) is 27.9 Å². The fourth-order valence-electron chi connectivity index (χ4n) is 3.89. The molecule has 1 unspecified atom stereocenters. The van der Waals surface area contributed by atoms with Crippen LogP contribution < -0.4 is 16.0 Å². The zero-order valence-electron chi connectivity index (χ0n) is 21.9. The van der Waals surface area contributed by atoms with Crippen LogP contribution in [0.25, 0.3) is 10.8 Å². The van der Waals surface area contributed by atoms with Gasteiger partial charge in [-0.15, -0.1) is 0 Å². The van der Waals surface area contributed by atoms with Gasteiger partial charge in [-0.25, -0.2) is 9.59 Å². The van der Waals surface area contributed by atoms with Crippen LogP contribution in [0, 0.1) is 0 Å². The lowest BCUT2D eigenvalue weighted by Gasteiger charge is -2.15. The lowest BCUT2D eigenvalue weighted by molar-refractivity contribution is -0.192. The van der Waals surface area contributed by atoms with Gasteiger partial charge in [-0.3, -0.25) is 4.79 Å². The second kappa shape index (κ2) is 16.3. The summed E-state index contributed by atoms with van der Waals surface area (Å²) < 4.78 is 31.7. The van der Waals surface area contributed by atoms with Crippen molar-refractivity contribution in [1.29, 1.82) is 0 Å². The number of halogens is 3. The van der Waals surface area contributed by atoms with E-state index in [1.807, 2.05) is 18.4 Å². The molecular weight excluding hydrogens is 535 g/mol. The predicted octanol–water partition coefficient (Wildman–Crippen LogP) is 4.13. The van der Waals surface area contributed by atoms with E-state index in [0.717, 1.165) is 0 Å². The predicted molar refractivity (Wildman–Crippen MR) is 146 cm³/mol. The topological polar surface area (TPSA) is 128 Å². The van der Waals surface area contributed by atoms with Crippen LogP contribution in [0.5, 0.6) is 0 Å². The zero-order valence-corrected chi connectivity index (χ0v) is 22.7. The number of fused-ring (bicyclic) bond motifs is 1. The van der Waals surface area contributed by atoms with Gasteiger partial charge >= 0.3 is 18.1 Å². The molecule has 1 atom stereocenters. The highest BCUT2D eigenvalue weighted by atomic mass is 32.2. The Bertz CT molecular complexity index is 1080. The molecule has 5 N–H and O–H groups in total. The molecule has 12 heteroatoms. The molecule has 1 heterocycles. The van der Waals surface area contributed by atoms with E-state index >= 15 is 0 Å². The summed E-state index contributed by atoms with van der Waals surface area (Å²) in [7, 11) is 0. The molecule has 8 nitrogen and oxygen atoms in total. The Morgan fingerprint density at radius 2 is 1.74 bits per heavy atom. The molecule has 1 amide bonds. The average Bonchev–Trinajstić information content (AvgIpc) is 3.56. The molecule has 2 fully saturated rings. The summed E-state index contributed by atoms with van der Waals surface area (Å²) in [6, 6.07) is 12.0. The van der Waals surface area contributed by atoms with Crippen LogP contribution in [0.3, 0.4) is 0 Å². The molecule has 39 heavy (non-hydrogen) atoms. The number of alkyl halides is 3. The molecule has 0 radical (unpaired) electrons. The van der Waals surface area contributed by atoms with Gasteiger partial charge in [0.05, 0.1) is 6.54 Å². The number of aliphatic carboxylic acids is 2. The third-order valence-corrected chi connectivity index (χ3v) is 6.71. The minimum Gasteiger partial charge on any atom is -0.480 e. The molecular formula is C27H36F3N3O5S. The molecule has 2 aromatic carbocycles. The van der Waals surface area contributed by atoms with Crippen LogP contribution in [0.4, 0.5) is 13.2 Å². The Hall–Kier alpha value is -2.83. The number of hydrogen-bond acceptors (Lipinski definition) is 6. The number of amides is 1. The number of carboxylic acids is 2. The number of hydrogen-bond donors (Lipinski definition) is 5. The second-order valence-corrected chi connectivity index (χ2v) is 10.3. The zero-order chi connectivity index (χ0) is 28.8. The molecule has 1 aliphatic heterocycles. The Morgan fingerprint density at radius 1 is 1.10 bits per heavy atom. The van der Waals surface area contributed by atoms with E-state index < -0.39 is 24.2 Å². The van der Waals surface area contributed by atoms with Crippen molar-refractivity contribution >= 4 is 40.4 Å². The van der Waals surface area contributed by atoms with Gasteiger partial charge in [-0.1, -0.05) is 36.4 Å². The molecule has 216 valence electrons. The summed E-state index contributed by atoms with van der Waals surface area (Å²) in [6.07, 6.45) is 2.54. The third-order valence-electron chi connectivity index (χ3n) is 6.06. The van der Waals surface area contributed by atoms with E-state index in [1.165, 1.54) is 60.7 Å². The van der Waals surface area contributed by atoms with E-state index in [0.29, 0.717) is 24.6 Å². The van der Waals surface area contributed by atoms with E-state index in [-0.39, 0.29) is 12.5 Å². The standard InChI is InChI=1S/C21H26N2O3S.C4H9N.C2HF3O2/c1-27-9-8-19(21(25)26)23-20(24)13-22-12-17-11-16(14-6-7-14)10-15-4-2-3-5-18(15)17;1-2-4-5-3-1;3-2(4,5)1(6)7/h2-5,10-11,14,19,22H,6-9,12-13H2,1H3,(H,23,24)(H,25,26);5H,1-4H2;(H,6,7). The van der Waals surface area contributed by atoms with Gasteiger partial charge in [-0.2, -0.15) is 24.9 Å². The number of carbonyl (C=O) groups is 3. The monoisotopic (exact) mass is 571 g/mol. The van der Waals surface area contributed by atoms with Gasteiger partial charge in [-0.05, 0) is 85.0 Å². The number of nitrogens with one attached hydrogen (secondary N) is 3. The molecule has 0 aromatic heterocycles. The highest BCUT2D eigenvalue weighted by molar-refractivity contribution is 7.98. The van der Waals surface area contributed by atoms with Crippen molar-refractivity contribution in [1.82, 2.24) is 16.0 Å². The van der Waals surface area contributed by atoms with E-state index in [4.69, 9.17) is 9.90 Å². The van der Waals surface area contributed by atoms with Crippen LogP contribution in [0.15, 0.2) is 36.4 Å². The van der Waals surface area contributed by atoms with E-state index in [2.05, 4.69) is 40.2 Å². The van der Waals surface area contributed by atoms with Gasteiger partial charge in [0.1, 0.15) is 6.04 Å². The fourth-order valence-corrected chi connectivity index (χ4v) is 4.36. The number of thioether (sulfide) groups is 1. The molecule has 1 aliphatic carbocycles. The average molecular weight is 572 g/mol. The van der Waals surface area contributed by atoms with Crippen molar-refractivity contribution in [2.45, 2.75) is 56.8 Å². The second-order valence-electron chi connectivity index (χ2n) is 9.28. The SMILES string of the molecule is C1CCNC1.CSCCC(NC(=O)CNCc1cc(C2CC2)cc2ccccc12)C(=O)O.O=C(O)C(F)(F)F. The number of carboxylic acid groups (broad SMARTS) is 2. The largest absolute Gasteiger partial charge is 0.490 e. The van der Waals surface area contributed by atoms with Gasteiger partial charge in [0.25, 0.3) is 0 Å². The van der Waals surface area contributed by atoms with Crippen molar-refractivity contribution in [2.75, 3.05) is 31.6 Å². The van der Waals surface area contributed by atoms with Crippen LogP contribution in [0.1, 0.15) is 49.1 Å². The first-order valence-corrected chi connectivity index (χ1v) is 14.2. The number of rotatable bonds is 10. The normalized spacial score (nSPS) is 15.4. The van der Waals surface area contributed by atoms with Crippen LogP contribution in [-0.4, -0.2) is 71.9 Å². The summed E-state index contributed by atoms with van der Waals surface area (Å²) in [5.74, 6) is -2.66. The van der Waals surface area contributed by atoms with E-state index in [1.54, 1.807) is 11.8 Å². The van der Waals surface area contributed by atoms with Gasteiger partial charge < -0.3 is 26.2 Å². The number of carbonyl (C=O) groups excluding carboxylic acids is 1. The van der Waals surface area contributed by atoms with Gasteiger partial charge in [0.15, 0.2) is 0 Å². The van der Waals surface area contributed by atoms with Crippen LogP contribution >= 0.6 is 11.8 Å². The molecule has 2 aliphatic rings. The maximum atomic E-state index is 12.1. The minimum atomic E-state index is -5.08. The highest BCUT2D eigenvalue weighted by Crippen LogP contribution is 2.41. The molecule has 4 rings (SSSR count). The van der Waals surface area contributed by atoms with Crippen molar-refractivity contribution in [3.8, 4) is 0 Å². The first-order valence-electron chi connectivity index (χ1n) is 12.8. The number of benzene rings is 2. The maximum Gasteiger partial charge on any atom is 0.490 e. The molecule has 1 saturated carbocycles. The maximum absolute atomic E-state index is 12.1. The third kappa shape index (κ3) is 12.3. The fraction of sp³-hybridized carbons (Fsp3) is 0.519. The van der Waals surface area contributed by atoms with Gasteiger partial charge in [0, 0.05) is 6.54 Å². The summed E-state index contributed by atoms with van der Waals surface area (Å²) >= 11 is 1.57.